The topological polar surface area (TPSA) is 0 Å². The van der Waals surface area contributed by atoms with E-state index in [4.69, 9.17) is 0 Å². The van der Waals surface area contributed by atoms with E-state index in [9.17, 15) is 0 Å². The molecule has 0 aliphatic heterocycles. The molecule has 0 heterocycles. The molecule has 0 aromatic rings. The zero-order chi connectivity index (χ0) is 6.41. The molecule has 8 heavy (non-hydrogen) atoms. The highest BCUT2D eigenvalue weighted by molar-refractivity contribution is 8.00. The van der Waals surface area contributed by atoms with E-state index in [0.717, 1.165) is 12.2 Å². The Bertz CT molecular complexity index is 66.8. The van der Waals surface area contributed by atoms with Gasteiger partial charge in [-0.1, -0.05) is 5.57 Å². The fourth-order valence-electron chi connectivity index (χ4n) is 0.476. The van der Waals surface area contributed by atoms with Gasteiger partial charge in [-0.05, 0) is 25.5 Å². The molecule has 0 aliphatic carbocycles. The lowest BCUT2D eigenvalue weighted by atomic mass is 10.2. The molecule has 0 atom stereocenters. The lowest BCUT2D eigenvalue weighted by Gasteiger charge is -1.94. The quantitative estimate of drug-likeness (QED) is 0.415. The van der Waals surface area contributed by atoms with Crippen molar-refractivity contribution >= 4 is 11.8 Å². The Morgan fingerprint density at radius 3 is 2.62 bits per heavy atom. The molecule has 1 radical (unpaired) electrons. The van der Waals surface area contributed by atoms with Gasteiger partial charge >= 0.3 is 0 Å². The van der Waals surface area contributed by atoms with Crippen LogP contribution in [0.3, 0.4) is 0 Å². The molecule has 0 bridgehead atoms. The maximum Gasteiger partial charge on any atom is 0.00235 e. The van der Waals surface area contributed by atoms with Crippen molar-refractivity contribution in [1.29, 1.82) is 0 Å². The van der Waals surface area contributed by atoms with Crippen LogP contribution in [0.4, 0.5) is 0 Å². The second-order valence-electron chi connectivity index (χ2n) is 1.97. The number of thioether (sulfide) groups is 1. The van der Waals surface area contributed by atoms with E-state index < -0.39 is 0 Å². The number of hydrogen-bond donors (Lipinski definition) is 0. The van der Waals surface area contributed by atoms with Crippen LogP contribution in [-0.2, 0) is 0 Å². The first-order chi connectivity index (χ1) is 3.77. The summed E-state index contributed by atoms with van der Waals surface area (Å²) in [4.78, 5) is 0. The van der Waals surface area contributed by atoms with E-state index in [1.165, 1.54) is 12.0 Å². The van der Waals surface area contributed by atoms with Gasteiger partial charge in [0.25, 0.3) is 0 Å². The lowest BCUT2D eigenvalue weighted by molar-refractivity contribution is 0.922. The molecule has 0 fully saturated rings. The summed E-state index contributed by atoms with van der Waals surface area (Å²) in [5, 5.41) is 0. The first-order valence-corrected chi connectivity index (χ1v) is 3.94. The predicted molar refractivity (Wildman–Crippen MR) is 41.9 cm³/mol. The van der Waals surface area contributed by atoms with E-state index in [-0.39, 0.29) is 0 Å². The van der Waals surface area contributed by atoms with Crippen LogP contribution in [0, 0.1) is 6.26 Å². The summed E-state index contributed by atoms with van der Waals surface area (Å²) in [6.45, 7) is 5.86. The van der Waals surface area contributed by atoms with Crippen molar-refractivity contribution in [3.63, 3.8) is 0 Å². The largest absolute Gasteiger partial charge is 0.161 e. The summed E-state index contributed by atoms with van der Waals surface area (Å²) < 4.78 is 0. The molecular weight excluding hydrogens is 116 g/mol. The zero-order valence-corrected chi connectivity index (χ0v) is 6.26. The van der Waals surface area contributed by atoms with Crippen LogP contribution in [-0.4, -0.2) is 5.75 Å². The molecule has 0 amide bonds. The molecule has 0 rings (SSSR count). The number of allylic oxidation sites excluding steroid dienone is 1. The second-order valence-corrected chi connectivity index (χ2v) is 2.79. The van der Waals surface area contributed by atoms with Crippen LogP contribution in [0.5, 0.6) is 0 Å². The number of rotatable bonds is 4. The predicted octanol–water partition coefficient (Wildman–Crippen LogP) is 2.87. The third-order valence-corrected chi connectivity index (χ3v) is 1.47. The zero-order valence-electron chi connectivity index (χ0n) is 5.44. The van der Waals surface area contributed by atoms with E-state index in [1.54, 1.807) is 11.8 Å². The van der Waals surface area contributed by atoms with Gasteiger partial charge in [-0.3, -0.25) is 0 Å². The standard InChI is InChI=1S/C7H13S/c1-7(2)5-4-6-8-3/h1,3-6H2,2H3. The highest BCUT2D eigenvalue weighted by atomic mass is 32.2. The SMILES string of the molecule is [CH2]SCCCC(=C)C. The maximum absolute atomic E-state index is 3.80. The molecule has 47 valence electrons. The first kappa shape index (κ1) is 8.09. The average molecular weight is 129 g/mol. The van der Waals surface area contributed by atoms with Crippen LogP contribution in [0.2, 0.25) is 0 Å². The van der Waals surface area contributed by atoms with Crippen molar-refractivity contribution in [2.24, 2.45) is 0 Å². The Labute approximate surface area is 56.4 Å². The van der Waals surface area contributed by atoms with Crippen LogP contribution in [0.15, 0.2) is 12.2 Å². The van der Waals surface area contributed by atoms with E-state index in [1.807, 2.05) is 0 Å². The van der Waals surface area contributed by atoms with Gasteiger partial charge in [-0.25, -0.2) is 0 Å². The summed E-state index contributed by atoms with van der Waals surface area (Å²) in [5.74, 6) is 1.16. The van der Waals surface area contributed by atoms with Crippen LogP contribution in [0.1, 0.15) is 19.8 Å². The fourth-order valence-corrected chi connectivity index (χ4v) is 0.824. The summed E-state index contributed by atoms with van der Waals surface area (Å²) in [6, 6.07) is 0. The van der Waals surface area contributed by atoms with Crippen molar-refractivity contribution in [3.8, 4) is 0 Å². The van der Waals surface area contributed by atoms with Gasteiger partial charge in [0.15, 0.2) is 0 Å². The van der Waals surface area contributed by atoms with Crippen molar-refractivity contribution in [3.05, 3.63) is 18.4 Å². The molecule has 0 aromatic carbocycles. The van der Waals surface area contributed by atoms with Crippen molar-refractivity contribution in [1.82, 2.24) is 0 Å². The van der Waals surface area contributed by atoms with E-state index in [2.05, 4.69) is 19.8 Å². The van der Waals surface area contributed by atoms with Gasteiger partial charge in [0.1, 0.15) is 0 Å². The maximum atomic E-state index is 3.80. The minimum absolute atomic E-state index is 1.16. The molecule has 0 aromatic heterocycles. The van der Waals surface area contributed by atoms with Gasteiger partial charge in [-0.2, -0.15) is 11.8 Å². The summed E-state index contributed by atoms with van der Waals surface area (Å²) in [5.41, 5.74) is 1.28. The van der Waals surface area contributed by atoms with Gasteiger partial charge in [0.05, 0.1) is 0 Å². The molecule has 1 heteroatoms. The summed E-state index contributed by atoms with van der Waals surface area (Å²) >= 11 is 1.65. The molecule has 0 saturated carbocycles. The highest BCUT2D eigenvalue weighted by Crippen LogP contribution is 2.05. The molecule has 0 N–H and O–H groups in total. The average Bonchev–Trinajstić information content (AvgIpc) is 1.66. The van der Waals surface area contributed by atoms with Gasteiger partial charge < -0.3 is 0 Å². The molecule has 0 saturated heterocycles. The second kappa shape index (κ2) is 5.23. The van der Waals surface area contributed by atoms with Crippen molar-refractivity contribution < 1.29 is 0 Å². The third-order valence-electron chi connectivity index (χ3n) is 0.892. The van der Waals surface area contributed by atoms with E-state index in [0.29, 0.717) is 0 Å². The van der Waals surface area contributed by atoms with Gasteiger partial charge in [0, 0.05) is 6.26 Å². The minimum atomic E-state index is 1.16. The first-order valence-electron chi connectivity index (χ1n) is 2.78. The fraction of sp³-hybridized carbons (Fsp3) is 0.571. The summed E-state index contributed by atoms with van der Waals surface area (Å²) in [6.07, 6.45) is 6.05. The molecular formula is C7H13S. The smallest absolute Gasteiger partial charge is 0.00235 e. The lowest BCUT2D eigenvalue weighted by Crippen LogP contribution is -1.77. The van der Waals surface area contributed by atoms with Gasteiger partial charge in [0.2, 0.25) is 0 Å². The minimum Gasteiger partial charge on any atom is -0.161 e. The van der Waals surface area contributed by atoms with Crippen molar-refractivity contribution in [2.75, 3.05) is 5.75 Å². The van der Waals surface area contributed by atoms with E-state index >= 15 is 0 Å². The molecule has 0 unspecified atom stereocenters. The summed E-state index contributed by atoms with van der Waals surface area (Å²) in [7, 11) is 0. The van der Waals surface area contributed by atoms with Crippen molar-refractivity contribution in [2.45, 2.75) is 19.8 Å². The van der Waals surface area contributed by atoms with Gasteiger partial charge in [-0.15, -0.1) is 6.58 Å². The Hall–Kier alpha value is 0.0900. The normalized spacial score (nSPS) is 9.25. The molecule has 0 nitrogen and oxygen atoms in total. The Kier molecular flexibility index (Phi) is 5.29. The Morgan fingerprint density at radius 1 is 1.62 bits per heavy atom. The third kappa shape index (κ3) is 6.09. The Balaban J connectivity index is 2.82. The van der Waals surface area contributed by atoms with Crippen LogP contribution in [0.25, 0.3) is 0 Å². The van der Waals surface area contributed by atoms with Crippen LogP contribution < -0.4 is 0 Å². The highest BCUT2D eigenvalue weighted by Gasteiger charge is 1.84. The number of hydrogen-bond acceptors (Lipinski definition) is 1. The molecule has 0 aliphatic rings. The Morgan fingerprint density at radius 2 is 2.25 bits per heavy atom. The van der Waals surface area contributed by atoms with Crippen LogP contribution >= 0.6 is 11.8 Å². The molecule has 0 spiro atoms. The monoisotopic (exact) mass is 129 g/mol.